The van der Waals surface area contributed by atoms with Gasteiger partial charge in [0.15, 0.2) is 0 Å². The molecule has 0 bridgehead atoms. The average molecular weight is 235 g/mol. The summed E-state index contributed by atoms with van der Waals surface area (Å²) in [6.07, 6.45) is 3.60. The maximum atomic E-state index is 6.32. The maximum absolute atomic E-state index is 6.32. The molecule has 0 aromatic carbocycles. The highest BCUT2D eigenvalue weighted by Crippen LogP contribution is 2.42. The van der Waals surface area contributed by atoms with Crippen LogP contribution in [0.2, 0.25) is 0 Å². The van der Waals surface area contributed by atoms with Gasteiger partial charge in [0.1, 0.15) is 11.6 Å². The molecule has 1 aliphatic rings. The Kier molecular flexibility index (Phi) is 2.96. The monoisotopic (exact) mass is 235 g/mol. The number of hydrogen-bond donors (Lipinski definition) is 1. The maximum Gasteiger partial charge on any atom is 0.127 e. The van der Waals surface area contributed by atoms with Crippen LogP contribution in [0.3, 0.4) is 0 Å². The van der Waals surface area contributed by atoms with Crippen molar-refractivity contribution in [3.8, 4) is 0 Å². The Morgan fingerprint density at radius 3 is 2.41 bits per heavy atom. The molecule has 2 rings (SSSR count). The zero-order valence-corrected chi connectivity index (χ0v) is 11.7. The second kappa shape index (κ2) is 4.04. The molecular formula is C14H25N3. The third kappa shape index (κ3) is 2.20. The van der Waals surface area contributed by atoms with Crippen molar-refractivity contribution in [2.75, 3.05) is 5.73 Å². The number of anilines is 1. The first-order valence-electron chi connectivity index (χ1n) is 6.74. The Balaban J connectivity index is 2.51. The first-order chi connectivity index (χ1) is 7.86. The van der Waals surface area contributed by atoms with E-state index in [1.54, 1.807) is 0 Å². The highest BCUT2D eigenvalue weighted by Gasteiger charge is 2.34. The van der Waals surface area contributed by atoms with Crippen LogP contribution in [0.5, 0.6) is 0 Å². The molecule has 1 unspecified atom stereocenters. The van der Waals surface area contributed by atoms with E-state index in [4.69, 9.17) is 10.7 Å². The van der Waals surface area contributed by atoms with E-state index in [2.05, 4.69) is 39.2 Å². The second-order valence-electron chi connectivity index (χ2n) is 6.37. The standard InChI is InChI=1S/C14H25N3/c1-6-9(2)11-12(15)17(10-7-8-10)13(16-11)14(3,4)5/h9-10H,6-8,15H2,1-5H3. The molecule has 2 N–H and O–H groups in total. The van der Waals surface area contributed by atoms with Gasteiger partial charge in [0.05, 0.1) is 5.69 Å². The largest absolute Gasteiger partial charge is 0.384 e. The van der Waals surface area contributed by atoms with Gasteiger partial charge in [0.25, 0.3) is 0 Å². The predicted molar refractivity (Wildman–Crippen MR) is 72.3 cm³/mol. The molecule has 17 heavy (non-hydrogen) atoms. The lowest BCUT2D eigenvalue weighted by Crippen LogP contribution is -2.19. The average Bonchev–Trinajstić information content (AvgIpc) is 3.00. The van der Waals surface area contributed by atoms with Crippen LogP contribution >= 0.6 is 0 Å². The van der Waals surface area contributed by atoms with Gasteiger partial charge in [-0.1, -0.05) is 34.6 Å². The molecule has 1 saturated carbocycles. The Morgan fingerprint density at radius 1 is 1.41 bits per heavy atom. The molecule has 0 saturated heterocycles. The van der Waals surface area contributed by atoms with Crippen molar-refractivity contribution in [1.82, 2.24) is 9.55 Å². The van der Waals surface area contributed by atoms with Gasteiger partial charge in [-0.15, -0.1) is 0 Å². The summed E-state index contributed by atoms with van der Waals surface area (Å²) < 4.78 is 2.29. The predicted octanol–water partition coefficient (Wildman–Crippen LogP) is 3.61. The van der Waals surface area contributed by atoms with E-state index in [-0.39, 0.29) is 5.41 Å². The van der Waals surface area contributed by atoms with E-state index in [1.165, 1.54) is 12.8 Å². The molecule has 96 valence electrons. The molecule has 3 heteroatoms. The first kappa shape index (κ1) is 12.5. The van der Waals surface area contributed by atoms with E-state index >= 15 is 0 Å². The normalized spacial score (nSPS) is 18.4. The van der Waals surface area contributed by atoms with Gasteiger partial charge in [0.2, 0.25) is 0 Å². The van der Waals surface area contributed by atoms with Crippen molar-refractivity contribution in [2.24, 2.45) is 0 Å². The molecule has 1 aromatic heterocycles. The SMILES string of the molecule is CCC(C)c1nc(C(C)(C)C)n(C2CC2)c1N. The van der Waals surface area contributed by atoms with Crippen molar-refractivity contribution >= 4 is 5.82 Å². The fraction of sp³-hybridized carbons (Fsp3) is 0.786. The van der Waals surface area contributed by atoms with Crippen LogP contribution in [-0.4, -0.2) is 9.55 Å². The molecule has 1 fully saturated rings. The van der Waals surface area contributed by atoms with Crippen molar-refractivity contribution in [3.05, 3.63) is 11.5 Å². The zero-order chi connectivity index (χ0) is 12.8. The Morgan fingerprint density at radius 2 is 2.00 bits per heavy atom. The van der Waals surface area contributed by atoms with Gasteiger partial charge in [0, 0.05) is 17.4 Å². The summed E-state index contributed by atoms with van der Waals surface area (Å²) in [5.74, 6) is 2.52. The fourth-order valence-corrected chi connectivity index (χ4v) is 2.25. The zero-order valence-electron chi connectivity index (χ0n) is 11.7. The van der Waals surface area contributed by atoms with Gasteiger partial charge in [-0.2, -0.15) is 0 Å². The lowest BCUT2D eigenvalue weighted by Gasteiger charge is -2.20. The van der Waals surface area contributed by atoms with Crippen LogP contribution in [0.25, 0.3) is 0 Å². The minimum atomic E-state index is 0.0718. The number of aromatic nitrogens is 2. The number of rotatable bonds is 3. The summed E-state index contributed by atoms with van der Waals surface area (Å²) in [5.41, 5.74) is 7.49. The van der Waals surface area contributed by atoms with Gasteiger partial charge in [-0.3, -0.25) is 0 Å². The van der Waals surface area contributed by atoms with E-state index in [0.717, 1.165) is 23.8 Å². The van der Waals surface area contributed by atoms with Gasteiger partial charge in [-0.25, -0.2) is 4.98 Å². The van der Waals surface area contributed by atoms with E-state index < -0.39 is 0 Å². The molecule has 1 atom stereocenters. The molecule has 0 amide bonds. The molecule has 1 heterocycles. The summed E-state index contributed by atoms with van der Waals surface area (Å²) in [6, 6.07) is 0.606. The number of nitrogens with two attached hydrogens (primary N) is 1. The molecule has 0 spiro atoms. The van der Waals surface area contributed by atoms with Crippen molar-refractivity contribution in [1.29, 1.82) is 0 Å². The third-order valence-electron chi connectivity index (χ3n) is 3.64. The summed E-state index contributed by atoms with van der Waals surface area (Å²) in [6.45, 7) is 11.1. The Hall–Kier alpha value is -0.990. The molecule has 1 aromatic rings. The van der Waals surface area contributed by atoms with Crippen LogP contribution in [-0.2, 0) is 5.41 Å². The number of nitrogens with zero attached hydrogens (tertiary/aromatic N) is 2. The minimum absolute atomic E-state index is 0.0718. The highest BCUT2D eigenvalue weighted by atomic mass is 15.2. The molecule has 3 nitrogen and oxygen atoms in total. The topological polar surface area (TPSA) is 43.8 Å². The lowest BCUT2D eigenvalue weighted by molar-refractivity contribution is 0.503. The molecule has 0 radical (unpaired) electrons. The summed E-state index contributed by atoms with van der Waals surface area (Å²) in [4.78, 5) is 4.85. The van der Waals surface area contributed by atoms with Crippen molar-refractivity contribution in [3.63, 3.8) is 0 Å². The quantitative estimate of drug-likeness (QED) is 0.869. The Bertz CT molecular complexity index is 408. The van der Waals surface area contributed by atoms with Gasteiger partial charge < -0.3 is 10.3 Å². The second-order valence-corrected chi connectivity index (χ2v) is 6.37. The molecular weight excluding hydrogens is 210 g/mol. The van der Waals surface area contributed by atoms with Crippen LogP contribution < -0.4 is 5.73 Å². The third-order valence-corrected chi connectivity index (χ3v) is 3.64. The molecule has 0 aliphatic heterocycles. The van der Waals surface area contributed by atoms with Crippen LogP contribution in [0.1, 0.15) is 77.4 Å². The number of nitrogen functional groups attached to an aromatic ring is 1. The smallest absolute Gasteiger partial charge is 0.127 e. The van der Waals surface area contributed by atoms with E-state index in [0.29, 0.717) is 12.0 Å². The van der Waals surface area contributed by atoms with E-state index in [9.17, 15) is 0 Å². The first-order valence-corrected chi connectivity index (χ1v) is 6.74. The van der Waals surface area contributed by atoms with Crippen LogP contribution in [0.15, 0.2) is 0 Å². The summed E-state index contributed by atoms with van der Waals surface area (Å²) >= 11 is 0. The summed E-state index contributed by atoms with van der Waals surface area (Å²) in [5, 5.41) is 0. The number of imidazole rings is 1. The van der Waals surface area contributed by atoms with Crippen molar-refractivity contribution in [2.45, 2.75) is 71.3 Å². The summed E-state index contributed by atoms with van der Waals surface area (Å²) in [7, 11) is 0. The highest BCUT2D eigenvalue weighted by molar-refractivity contribution is 5.43. The Labute approximate surface area is 104 Å². The number of hydrogen-bond acceptors (Lipinski definition) is 2. The van der Waals surface area contributed by atoms with Crippen molar-refractivity contribution < 1.29 is 0 Å². The van der Waals surface area contributed by atoms with Gasteiger partial charge >= 0.3 is 0 Å². The minimum Gasteiger partial charge on any atom is -0.384 e. The van der Waals surface area contributed by atoms with Gasteiger partial charge in [-0.05, 0) is 19.3 Å². The van der Waals surface area contributed by atoms with Crippen LogP contribution in [0, 0.1) is 0 Å². The van der Waals surface area contributed by atoms with E-state index in [1.807, 2.05) is 0 Å². The lowest BCUT2D eigenvalue weighted by atomic mass is 9.95. The molecule has 1 aliphatic carbocycles. The fourth-order valence-electron chi connectivity index (χ4n) is 2.25. The van der Waals surface area contributed by atoms with Crippen LogP contribution in [0.4, 0.5) is 5.82 Å².